The summed E-state index contributed by atoms with van der Waals surface area (Å²) in [6, 6.07) is 10.5. The lowest BCUT2D eigenvalue weighted by molar-refractivity contribution is 0.628. The molecule has 0 spiro atoms. The van der Waals surface area contributed by atoms with Crippen LogP contribution in [0.25, 0.3) is 11.1 Å². The second kappa shape index (κ2) is 4.26. The maximum Gasteiger partial charge on any atom is 0.123 e. The Hall–Kier alpha value is -1.34. The Balaban J connectivity index is 2.52. The highest BCUT2D eigenvalue weighted by Gasteiger charge is 2.04. The second-order valence-corrected chi connectivity index (χ2v) is 4.31. The standard InChI is InChI=1S/C14H12ClF/c1-9-7-12(8-10(2)14(9)15)11-3-5-13(16)6-4-11/h3-8H,1-2H3. The monoisotopic (exact) mass is 234 g/mol. The van der Waals surface area contributed by atoms with Crippen molar-refractivity contribution >= 4 is 11.6 Å². The molecule has 0 bridgehead atoms. The Kier molecular flexibility index (Phi) is 2.97. The number of rotatable bonds is 1. The molecule has 0 saturated heterocycles. The average molecular weight is 235 g/mol. The maximum atomic E-state index is 12.8. The summed E-state index contributed by atoms with van der Waals surface area (Å²) in [5.74, 6) is -0.217. The van der Waals surface area contributed by atoms with Gasteiger partial charge >= 0.3 is 0 Å². The van der Waals surface area contributed by atoms with Gasteiger partial charge in [-0.3, -0.25) is 0 Å². The van der Waals surface area contributed by atoms with Crippen molar-refractivity contribution in [3.05, 3.63) is 58.4 Å². The van der Waals surface area contributed by atoms with Gasteiger partial charge in [0.1, 0.15) is 5.82 Å². The number of hydrogen-bond acceptors (Lipinski definition) is 0. The first kappa shape index (κ1) is 11.2. The summed E-state index contributed by atoms with van der Waals surface area (Å²) in [5.41, 5.74) is 4.16. The van der Waals surface area contributed by atoms with Crippen LogP contribution in [0.3, 0.4) is 0 Å². The molecule has 0 aliphatic rings. The summed E-state index contributed by atoms with van der Waals surface area (Å²) in [6.45, 7) is 3.95. The third kappa shape index (κ3) is 2.10. The Morgan fingerprint density at radius 3 is 1.88 bits per heavy atom. The van der Waals surface area contributed by atoms with Crippen molar-refractivity contribution in [2.75, 3.05) is 0 Å². The van der Waals surface area contributed by atoms with Gasteiger partial charge in [-0.1, -0.05) is 23.7 Å². The summed E-state index contributed by atoms with van der Waals surface area (Å²) in [6.07, 6.45) is 0. The van der Waals surface area contributed by atoms with Crippen LogP contribution in [-0.2, 0) is 0 Å². The van der Waals surface area contributed by atoms with E-state index in [0.29, 0.717) is 0 Å². The molecule has 0 aliphatic heterocycles. The zero-order chi connectivity index (χ0) is 11.7. The molecule has 16 heavy (non-hydrogen) atoms. The smallest absolute Gasteiger partial charge is 0.123 e. The van der Waals surface area contributed by atoms with Crippen molar-refractivity contribution < 1.29 is 4.39 Å². The number of aryl methyl sites for hydroxylation is 2. The highest BCUT2D eigenvalue weighted by molar-refractivity contribution is 6.32. The molecule has 0 saturated carbocycles. The van der Waals surface area contributed by atoms with Crippen molar-refractivity contribution in [2.24, 2.45) is 0 Å². The lowest BCUT2D eigenvalue weighted by Crippen LogP contribution is -1.85. The molecule has 0 heterocycles. The van der Waals surface area contributed by atoms with E-state index in [0.717, 1.165) is 27.3 Å². The van der Waals surface area contributed by atoms with Gasteiger partial charge in [-0.2, -0.15) is 0 Å². The predicted molar refractivity (Wildman–Crippen MR) is 66.3 cm³/mol. The van der Waals surface area contributed by atoms with Gasteiger partial charge in [0.15, 0.2) is 0 Å². The maximum absolute atomic E-state index is 12.8. The Bertz CT molecular complexity index is 492. The topological polar surface area (TPSA) is 0 Å². The lowest BCUT2D eigenvalue weighted by atomic mass is 10.0. The van der Waals surface area contributed by atoms with E-state index in [9.17, 15) is 4.39 Å². The van der Waals surface area contributed by atoms with Gasteiger partial charge in [0.05, 0.1) is 0 Å². The van der Waals surface area contributed by atoms with E-state index in [1.54, 1.807) is 12.1 Å². The molecule has 0 unspecified atom stereocenters. The molecule has 0 N–H and O–H groups in total. The normalized spacial score (nSPS) is 10.5. The summed E-state index contributed by atoms with van der Waals surface area (Å²) in [7, 11) is 0. The van der Waals surface area contributed by atoms with Crippen LogP contribution in [0.1, 0.15) is 11.1 Å². The molecule has 2 aromatic rings. The van der Waals surface area contributed by atoms with Crippen molar-refractivity contribution in [3.8, 4) is 11.1 Å². The fraction of sp³-hybridized carbons (Fsp3) is 0.143. The van der Waals surface area contributed by atoms with Crippen LogP contribution in [0.5, 0.6) is 0 Å². The fourth-order valence-corrected chi connectivity index (χ4v) is 1.86. The molecule has 0 radical (unpaired) electrons. The molecule has 0 fully saturated rings. The summed E-state index contributed by atoms with van der Waals surface area (Å²) in [4.78, 5) is 0. The zero-order valence-corrected chi connectivity index (χ0v) is 9.98. The third-order valence-corrected chi connectivity index (χ3v) is 3.21. The molecule has 0 aromatic heterocycles. The van der Waals surface area contributed by atoms with E-state index in [4.69, 9.17) is 11.6 Å². The lowest BCUT2D eigenvalue weighted by Gasteiger charge is -2.07. The van der Waals surface area contributed by atoms with E-state index in [-0.39, 0.29) is 5.82 Å². The van der Waals surface area contributed by atoms with E-state index in [1.807, 2.05) is 26.0 Å². The average Bonchev–Trinajstić information content (AvgIpc) is 2.26. The van der Waals surface area contributed by atoms with Crippen LogP contribution in [0.15, 0.2) is 36.4 Å². The first-order valence-electron chi connectivity index (χ1n) is 5.10. The van der Waals surface area contributed by atoms with E-state index in [2.05, 4.69) is 0 Å². The van der Waals surface area contributed by atoms with Gasteiger partial charge in [-0.15, -0.1) is 0 Å². The Morgan fingerprint density at radius 1 is 0.875 bits per heavy atom. The molecule has 2 heteroatoms. The fourth-order valence-electron chi connectivity index (χ4n) is 1.75. The Labute approximate surface area is 99.7 Å². The minimum atomic E-state index is -0.217. The van der Waals surface area contributed by atoms with Crippen LogP contribution in [0.4, 0.5) is 4.39 Å². The van der Waals surface area contributed by atoms with Gasteiger partial charge in [0.25, 0.3) is 0 Å². The van der Waals surface area contributed by atoms with Crippen LogP contribution >= 0.6 is 11.6 Å². The summed E-state index contributed by atoms with van der Waals surface area (Å²) < 4.78 is 12.8. The molecule has 0 atom stereocenters. The van der Waals surface area contributed by atoms with Crippen molar-refractivity contribution in [1.82, 2.24) is 0 Å². The minimum absolute atomic E-state index is 0.217. The molecule has 0 nitrogen and oxygen atoms in total. The van der Waals surface area contributed by atoms with E-state index >= 15 is 0 Å². The predicted octanol–water partition coefficient (Wildman–Crippen LogP) is 4.76. The quantitative estimate of drug-likeness (QED) is 0.667. The Morgan fingerprint density at radius 2 is 1.38 bits per heavy atom. The van der Waals surface area contributed by atoms with Crippen molar-refractivity contribution in [1.29, 1.82) is 0 Å². The SMILES string of the molecule is Cc1cc(-c2ccc(F)cc2)cc(C)c1Cl. The van der Waals surface area contributed by atoms with Gasteiger partial charge in [-0.25, -0.2) is 4.39 Å². The number of benzene rings is 2. The minimum Gasteiger partial charge on any atom is -0.207 e. The van der Waals surface area contributed by atoms with Crippen molar-refractivity contribution in [3.63, 3.8) is 0 Å². The molecule has 0 amide bonds. The van der Waals surface area contributed by atoms with Gasteiger partial charge in [-0.05, 0) is 60.4 Å². The zero-order valence-electron chi connectivity index (χ0n) is 9.22. The number of hydrogen-bond donors (Lipinski definition) is 0. The molecule has 2 aromatic carbocycles. The van der Waals surface area contributed by atoms with Gasteiger partial charge in [0, 0.05) is 5.02 Å². The molecular weight excluding hydrogens is 223 g/mol. The van der Waals surface area contributed by atoms with Crippen LogP contribution < -0.4 is 0 Å². The molecule has 2 rings (SSSR count). The van der Waals surface area contributed by atoms with E-state index in [1.165, 1.54) is 12.1 Å². The highest BCUT2D eigenvalue weighted by Crippen LogP contribution is 2.28. The van der Waals surface area contributed by atoms with Crippen molar-refractivity contribution in [2.45, 2.75) is 13.8 Å². The third-order valence-electron chi connectivity index (χ3n) is 2.61. The van der Waals surface area contributed by atoms with Crippen LogP contribution in [0, 0.1) is 19.7 Å². The molecule has 82 valence electrons. The van der Waals surface area contributed by atoms with E-state index < -0.39 is 0 Å². The summed E-state index contributed by atoms with van der Waals surface area (Å²) in [5, 5.41) is 0.797. The first-order chi connectivity index (χ1) is 7.58. The van der Waals surface area contributed by atoms with Gasteiger partial charge in [0.2, 0.25) is 0 Å². The van der Waals surface area contributed by atoms with Crippen LogP contribution in [0.2, 0.25) is 5.02 Å². The van der Waals surface area contributed by atoms with Gasteiger partial charge < -0.3 is 0 Å². The molecule has 0 aliphatic carbocycles. The summed E-state index contributed by atoms with van der Waals surface area (Å²) >= 11 is 6.10. The van der Waals surface area contributed by atoms with Crippen LogP contribution in [-0.4, -0.2) is 0 Å². The second-order valence-electron chi connectivity index (χ2n) is 3.93. The number of halogens is 2. The molecular formula is C14H12ClF. The highest BCUT2D eigenvalue weighted by atomic mass is 35.5. The first-order valence-corrected chi connectivity index (χ1v) is 5.48. The largest absolute Gasteiger partial charge is 0.207 e.